The molecule has 0 aliphatic heterocycles. The van der Waals surface area contributed by atoms with Crippen molar-refractivity contribution in [3.05, 3.63) is 70.2 Å². The maximum atomic E-state index is 12.5. The standard InChI is InChI=1S/C18H17Cl2N3O3S/c1-12-9-23(11-21-12)16-7-6-14(8-17(16)26-2)22-27(24,25)10-13-4-3-5-15(19)18(13)20/h3-9,11,22H,10H2,1-2H3. The second-order valence-corrected chi connectivity index (χ2v) is 8.39. The van der Waals surface area contributed by atoms with Gasteiger partial charge in [0.2, 0.25) is 10.0 Å². The lowest BCUT2D eigenvalue weighted by Gasteiger charge is -2.13. The first kappa shape index (κ1) is 19.5. The third-order valence-electron chi connectivity index (χ3n) is 3.82. The third kappa shape index (κ3) is 4.55. The van der Waals surface area contributed by atoms with Crippen LogP contribution >= 0.6 is 23.2 Å². The van der Waals surface area contributed by atoms with Crippen molar-refractivity contribution in [3.63, 3.8) is 0 Å². The average Bonchev–Trinajstić information content (AvgIpc) is 3.04. The molecular formula is C18H17Cl2N3O3S. The number of nitrogens with one attached hydrogen (secondary N) is 1. The summed E-state index contributed by atoms with van der Waals surface area (Å²) in [4.78, 5) is 4.19. The van der Waals surface area contributed by atoms with Crippen molar-refractivity contribution in [3.8, 4) is 11.4 Å². The van der Waals surface area contributed by atoms with Crippen LogP contribution in [0.15, 0.2) is 48.9 Å². The van der Waals surface area contributed by atoms with E-state index in [0.29, 0.717) is 22.0 Å². The van der Waals surface area contributed by atoms with Gasteiger partial charge < -0.3 is 9.30 Å². The molecule has 2 aromatic carbocycles. The summed E-state index contributed by atoms with van der Waals surface area (Å²) in [6, 6.07) is 9.91. The summed E-state index contributed by atoms with van der Waals surface area (Å²) in [7, 11) is -2.17. The summed E-state index contributed by atoms with van der Waals surface area (Å²) in [6.07, 6.45) is 3.51. The first-order valence-corrected chi connectivity index (χ1v) is 10.3. The Kier molecular flexibility index (Phi) is 5.64. The van der Waals surface area contributed by atoms with Crippen LogP contribution < -0.4 is 9.46 Å². The predicted molar refractivity (Wildman–Crippen MR) is 108 cm³/mol. The van der Waals surface area contributed by atoms with Crippen LogP contribution in [0.1, 0.15) is 11.3 Å². The van der Waals surface area contributed by atoms with E-state index in [2.05, 4.69) is 9.71 Å². The van der Waals surface area contributed by atoms with Gasteiger partial charge in [-0.1, -0.05) is 35.3 Å². The summed E-state index contributed by atoms with van der Waals surface area (Å²) >= 11 is 12.0. The van der Waals surface area contributed by atoms with E-state index < -0.39 is 10.0 Å². The zero-order valence-corrected chi connectivity index (χ0v) is 16.9. The first-order chi connectivity index (χ1) is 12.8. The van der Waals surface area contributed by atoms with Gasteiger partial charge in [-0.25, -0.2) is 13.4 Å². The van der Waals surface area contributed by atoms with Gasteiger partial charge in [0.25, 0.3) is 0 Å². The summed E-state index contributed by atoms with van der Waals surface area (Å²) in [5, 5.41) is 0.541. The second-order valence-electron chi connectivity index (χ2n) is 5.88. The molecule has 0 saturated carbocycles. The van der Waals surface area contributed by atoms with Crippen LogP contribution in [0.4, 0.5) is 5.69 Å². The molecule has 0 radical (unpaired) electrons. The lowest BCUT2D eigenvalue weighted by atomic mass is 10.2. The Bertz CT molecular complexity index is 1080. The number of nitrogens with zero attached hydrogens (tertiary/aromatic N) is 2. The van der Waals surface area contributed by atoms with Crippen molar-refractivity contribution in [2.24, 2.45) is 0 Å². The van der Waals surface area contributed by atoms with Gasteiger partial charge in [0.05, 0.1) is 46.3 Å². The zero-order valence-electron chi connectivity index (χ0n) is 14.6. The number of benzene rings is 2. The largest absolute Gasteiger partial charge is 0.494 e. The van der Waals surface area contributed by atoms with E-state index in [9.17, 15) is 8.42 Å². The van der Waals surface area contributed by atoms with Crippen LogP contribution in [0, 0.1) is 6.92 Å². The van der Waals surface area contributed by atoms with Crippen molar-refractivity contribution < 1.29 is 13.2 Å². The molecule has 0 aliphatic carbocycles. The quantitative estimate of drug-likeness (QED) is 0.633. The van der Waals surface area contributed by atoms with Gasteiger partial charge >= 0.3 is 0 Å². The van der Waals surface area contributed by atoms with Crippen molar-refractivity contribution >= 4 is 38.9 Å². The van der Waals surface area contributed by atoms with Gasteiger partial charge in [0.15, 0.2) is 0 Å². The highest BCUT2D eigenvalue weighted by molar-refractivity contribution is 7.91. The van der Waals surface area contributed by atoms with Crippen molar-refractivity contribution in [2.45, 2.75) is 12.7 Å². The summed E-state index contributed by atoms with van der Waals surface area (Å²) in [5.41, 5.74) is 2.42. The van der Waals surface area contributed by atoms with E-state index in [1.54, 1.807) is 47.3 Å². The number of methoxy groups -OCH3 is 1. The van der Waals surface area contributed by atoms with E-state index in [-0.39, 0.29) is 10.8 Å². The Morgan fingerprint density at radius 2 is 2.00 bits per heavy atom. The van der Waals surface area contributed by atoms with Gasteiger partial charge in [-0.3, -0.25) is 4.72 Å². The molecule has 0 spiro atoms. The Morgan fingerprint density at radius 3 is 2.67 bits per heavy atom. The van der Waals surface area contributed by atoms with E-state index in [1.807, 2.05) is 13.1 Å². The minimum absolute atomic E-state index is 0.230. The highest BCUT2D eigenvalue weighted by atomic mass is 35.5. The molecule has 6 nitrogen and oxygen atoms in total. The maximum Gasteiger partial charge on any atom is 0.236 e. The number of sulfonamides is 1. The van der Waals surface area contributed by atoms with E-state index in [1.165, 1.54) is 7.11 Å². The highest BCUT2D eigenvalue weighted by Crippen LogP contribution is 2.29. The smallest absolute Gasteiger partial charge is 0.236 e. The van der Waals surface area contributed by atoms with Gasteiger partial charge in [0, 0.05) is 12.3 Å². The molecule has 1 heterocycles. The van der Waals surface area contributed by atoms with Crippen molar-refractivity contribution in [1.82, 2.24) is 9.55 Å². The number of aryl methyl sites for hydroxylation is 1. The SMILES string of the molecule is COc1cc(NS(=O)(=O)Cc2cccc(Cl)c2Cl)ccc1-n1cnc(C)c1. The number of rotatable bonds is 6. The van der Waals surface area contributed by atoms with Crippen LogP contribution in [0.2, 0.25) is 10.0 Å². The monoisotopic (exact) mass is 425 g/mol. The molecule has 0 atom stereocenters. The fourth-order valence-electron chi connectivity index (χ4n) is 2.59. The summed E-state index contributed by atoms with van der Waals surface area (Å²) < 4.78 is 34.8. The zero-order chi connectivity index (χ0) is 19.6. The van der Waals surface area contributed by atoms with Gasteiger partial charge in [-0.05, 0) is 30.7 Å². The minimum Gasteiger partial charge on any atom is -0.494 e. The second kappa shape index (κ2) is 7.80. The van der Waals surface area contributed by atoms with E-state index in [0.717, 1.165) is 11.4 Å². The van der Waals surface area contributed by atoms with Crippen molar-refractivity contribution in [2.75, 3.05) is 11.8 Å². The van der Waals surface area contributed by atoms with Crippen LogP contribution in [0.3, 0.4) is 0 Å². The Balaban J connectivity index is 1.85. The maximum absolute atomic E-state index is 12.5. The molecule has 9 heteroatoms. The molecule has 3 aromatic rings. The summed E-state index contributed by atoms with van der Waals surface area (Å²) in [5.74, 6) is 0.213. The molecular weight excluding hydrogens is 409 g/mol. The Labute approximate surface area is 167 Å². The number of anilines is 1. The molecule has 0 bridgehead atoms. The number of halogens is 2. The van der Waals surface area contributed by atoms with Gasteiger partial charge in [0.1, 0.15) is 5.75 Å². The predicted octanol–water partition coefficient (Wildman–Crippen LogP) is 4.44. The fourth-order valence-corrected chi connectivity index (χ4v) is 4.26. The first-order valence-electron chi connectivity index (χ1n) is 7.91. The molecule has 27 heavy (non-hydrogen) atoms. The molecule has 3 rings (SSSR count). The molecule has 1 aromatic heterocycles. The molecule has 142 valence electrons. The van der Waals surface area contributed by atoms with Crippen LogP contribution in [-0.2, 0) is 15.8 Å². The van der Waals surface area contributed by atoms with Crippen LogP contribution in [-0.4, -0.2) is 25.1 Å². The molecule has 0 aliphatic rings. The highest BCUT2D eigenvalue weighted by Gasteiger charge is 2.17. The minimum atomic E-state index is -3.69. The topological polar surface area (TPSA) is 73.2 Å². The summed E-state index contributed by atoms with van der Waals surface area (Å²) in [6.45, 7) is 1.88. The number of hydrogen-bond donors (Lipinski definition) is 1. The average molecular weight is 426 g/mol. The Morgan fingerprint density at radius 1 is 1.22 bits per heavy atom. The number of ether oxygens (including phenoxy) is 1. The Hall–Kier alpha value is -2.22. The molecule has 0 amide bonds. The van der Waals surface area contributed by atoms with E-state index in [4.69, 9.17) is 27.9 Å². The fraction of sp³-hybridized carbons (Fsp3) is 0.167. The number of hydrogen-bond acceptors (Lipinski definition) is 4. The third-order valence-corrected chi connectivity index (χ3v) is 5.92. The van der Waals surface area contributed by atoms with Gasteiger partial charge in [-0.2, -0.15) is 0 Å². The molecule has 0 unspecified atom stereocenters. The lowest BCUT2D eigenvalue weighted by molar-refractivity contribution is 0.413. The van der Waals surface area contributed by atoms with Crippen LogP contribution in [0.5, 0.6) is 5.75 Å². The van der Waals surface area contributed by atoms with Crippen molar-refractivity contribution in [1.29, 1.82) is 0 Å². The number of imidazole rings is 1. The molecule has 0 fully saturated rings. The molecule has 0 saturated heterocycles. The normalized spacial score (nSPS) is 11.4. The molecule has 1 N–H and O–H groups in total. The van der Waals surface area contributed by atoms with Gasteiger partial charge in [-0.15, -0.1) is 0 Å². The lowest BCUT2D eigenvalue weighted by Crippen LogP contribution is -2.15. The van der Waals surface area contributed by atoms with Crippen LogP contribution in [0.25, 0.3) is 5.69 Å². The number of aromatic nitrogens is 2. The van der Waals surface area contributed by atoms with E-state index >= 15 is 0 Å².